The van der Waals surface area contributed by atoms with Crippen LogP contribution in [0.5, 0.6) is 0 Å². The Morgan fingerprint density at radius 2 is 1.47 bits per heavy atom. The molecule has 0 saturated carbocycles. The molecule has 2 nitrogen and oxygen atoms in total. The van der Waals surface area contributed by atoms with E-state index in [1.165, 1.54) is 0 Å². The van der Waals surface area contributed by atoms with Crippen molar-refractivity contribution in [3.05, 3.63) is 53.6 Å². The molecule has 0 aliphatic carbocycles. The minimum absolute atomic E-state index is 0.110. The first-order valence-corrected chi connectivity index (χ1v) is 6.62. The van der Waals surface area contributed by atoms with Gasteiger partial charge in [-0.15, -0.1) is 0 Å². The van der Waals surface area contributed by atoms with Crippen molar-refractivity contribution in [1.82, 2.24) is 0 Å². The van der Waals surface area contributed by atoms with Crippen LogP contribution in [0.25, 0.3) is 11.1 Å². The maximum Gasteiger partial charge on any atom is 0.226 e. The van der Waals surface area contributed by atoms with E-state index in [0.29, 0.717) is 6.42 Å². The van der Waals surface area contributed by atoms with Crippen LogP contribution in [0.2, 0.25) is 5.02 Å². The fraction of sp³-hybridized carbons (Fsp3) is 0.188. The van der Waals surface area contributed by atoms with Gasteiger partial charge in [0.15, 0.2) is 0 Å². The number of carbonyl (C=O) groups excluding carboxylic acids is 1. The Hall–Kier alpha value is -1.80. The van der Waals surface area contributed by atoms with E-state index in [1.54, 1.807) is 11.9 Å². The lowest BCUT2D eigenvalue weighted by Gasteiger charge is -2.16. The van der Waals surface area contributed by atoms with E-state index in [0.717, 1.165) is 21.8 Å². The highest BCUT2D eigenvalue weighted by molar-refractivity contribution is 6.30. The molecule has 2 aromatic rings. The summed E-state index contributed by atoms with van der Waals surface area (Å²) in [6, 6.07) is 15.6. The zero-order chi connectivity index (χ0) is 13.8. The molecule has 2 aromatic carbocycles. The number of halogens is 1. The van der Waals surface area contributed by atoms with Crippen LogP contribution in [0, 0.1) is 0 Å². The van der Waals surface area contributed by atoms with Crippen molar-refractivity contribution < 1.29 is 4.79 Å². The van der Waals surface area contributed by atoms with Gasteiger partial charge in [-0.2, -0.15) is 0 Å². The van der Waals surface area contributed by atoms with E-state index < -0.39 is 0 Å². The van der Waals surface area contributed by atoms with E-state index in [1.807, 2.05) is 55.5 Å². The van der Waals surface area contributed by atoms with Gasteiger partial charge < -0.3 is 4.90 Å². The molecule has 0 heterocycles. The zero-order valence-electron chi connectivity index (χ0n) is 11.1. The Morgan fingerprint density at radius 3 is 1.95 bits per heavy atom. The lowest BCUT2D eigenvalue weighted by molar-refractivity contribution is -0.118. The van der Waals surface area contributed by atoms with Crippen LogP contribution >= 0.6 is 11.6 Å². The predicted octanol–water partition coefficient (Wildman–Crippen LogP) is 4.38. The molecule has 0 bridgehead atoms. The lowest BCUT2D eigenvalue weighted by Crippen LogP contribution is -2.24. The van der Waals surface area contributed by atoms with E-state index in [9.17, 15) is 4.79 Å². The third-order valence-corrected chi connectivity index (χ3v) is 3.36. The average molecular weight is 274 g/mol. The Balaban J connectivity index is 2.23. The predicted molar refractivity (Wildman–Crippen MR) is 80.6 cm³/mol. The van der Waals surface area contributed by atoms with Gasteiger partial charge >= 0.3 is 0 Å². The standard InChI is InChI=1S/C16H16ClNO/c1-3-16(19)18(2)15-10-6-13(7-11-15)12-4-8-14(17)9-5-12/h4-11H,3H2,1-2H3. The minimum atomic E-state index is 0.110. The van der Waals surface area contributed by atoms with Crippen molar-refractivity contribution in [3.8, 4) is 11.1 Å². The molecule has 98 valence electrons. The number of hydrogen-bond acceptors (Lipinski definition) is 1. The molecule has 0 aliphatic heterocycles. The zero-order valence-corrected chi connectivity index (χ0v) is 11.8. The van der Waals surface area contributed by atoms with E-state index in [-0.39, 0.29) is 5.91 Å². The second-order valence-corrected chi connectivity index (χ2v) is 4.80. The second kappa shape index (κ2) is 5.89. The van der Waals surface area contributed by atoms with Crippen LogP contribution in [0.3, 0.4) is 0 Å². The smallest absolute Gasteiger partial charge is 0.226 e. The lowest BCUT2D eigenvalue weighted by atomic mass is 10.1. The largest absolute Gasteiger partial charge is 0.316 e. The summed E-state index contributed by atoms with van der Waals surface area (Å²) in [5, 5.41) is 0.730. The molecule has 0 radical (unpaired) electrons. The van der Waals surface area contributed by atoms with Crippen molar-refractivity contribution >= 4 is 23.2 Å². The topological polar surface area (TPSA) is 20.3 Å². The second-order valence-electron chi connectivity index (χ2n) is 4.36. The molecule has 0 unspecified atom stereocenters. The number of anilines is 1. The molecule has 0 atom stereocenters. The molecular weight excluding hydrogens is 258 g/mol. The van der Waals surface area contributed by atoms with Gasteiger partial charge in [-0.25, -0.2) is 0 Å². The molecule has 2 rings (SSSR count). The third kappa shape index (κ3) is 3.15. The summed E-state index contributed by atoms with van der Waals surface area (Å²) in [5.74, 6) is 0.110. The van der Waals surface area contributed by atoms with Gasteiger partial charge in [0, 0.05) is 24.2 Å². The van der Waals surface area contributed by atoms with Crippen LogP contribution < -0.4 is 4.90 Å². The first kappa shape index (κ1) is 13.6. The summed E-state index contributed by atoms with van der Waals surface area (Å²) in [5.41, 5.74) is 3.13. The highest BCUT2D eigenvalue weighted by atomic mass is 35.5. The van der Waals surface area contributed by atoms with E-state index in [4.69, 9.17) is 11.6 Å². The highest BCUT2D eigenvalue weighted by Crippen LogP contribution is 2.24. The van der Waals surface area contributed by atoms with Crippen LogP contribution in [-0.4, -0.2) is 13.0 Å². The summed E-state index contributed by atoms with van der Waals surface area (Å²) in [7, 11) is 1.79. The van der Waals surface area contributed by atoms with Crippen LogP contribution in [0.4, 0.5) is 5.69 Å². The molecule has 1 amide bonds. The van der Waals surface area contributed by atoms with Crippen molar-refractivity contribution in [2.45, 2.75) is 13.3 Å². The quantitative estimate of drug-likeness (QED) is 0.813. The highest BCUT2D eigenvalue weighted by Gasteiger charge is 2.08. The number of rotatable bonds is 3. The van der Waals surface area contributed by atoms with Gasteiger partial charge in [-0.05, 0) is 35.4 Å². The van der Waals surface area contributed by atoms with Crippen LogP contribution in [-0.2, 0) is 4.79 Å². The van der Waals surface area contributed by atoms with Crippen LogP contribution in [0.15, 0.2) is 48.5 Å². The number of amides is 1. The van der Waals surface area contributed by atoms with Crippen molar-refractivity contribution in [3.63, 3.8) is 0 Å². The number of carbonyl (C=O) groups is 1. The fourth-order valence-electron chi connectivity index (χ4n) is 1.90. The summed E-state index contributed by atoms with van der Waals surface area (Å²) < 4.78 is 0. The first-order chi connectivity index (χ1) is 9.11. The molecular formula is C16H16ClNO. The van der Waals surface area contributed by atoms with Gasteiger partial charge in [0.05, 0.1) is 0 Å². The Bertz CT molecular complexity index is 560. The maximum absolute atomic E-state index is 11.6. The summed E-state index contributed by atoms with van der Waals surface area (Å²) in [6.45, 7) is 1.86. The molecule has 0 N–H and O–H groups in total. The molecule has 0 fully saturated rings. The van der Waals surface area contributed by atoms with E-state index in [2.05, 4.69) is 0 Å². The molecule has 0 spiro atoms. The monoisotopic (exact) mass is 273 g/mol. The average Bonchev–Trinajstić information content (AvgIpc) is 2.46. The summed E-state index contributed by atoms with van der Waals surface area (Å²) in [4.78, 5) is 13.3. The molecule has 0 saturated heterocycles. The first-order valence-electron chi connectivity index (χ1n) is 6.24. The molecule has 0 aliphatic rings. The van der Waals surface area contributed by atoms with Gasteiger partial charge in [0.25, 0.3) is 0 Å². The maximum atomic E-state index is 11.6. The summed E-state index contributed by atoms with van der Waals surface area (Å²) >= 11 is 5.87. The van der Waals surface area contributed by atoms with Gasteiger partial charge in [0.2, 0.25) is 5.91 Å². The number of benzene rings is 2. The molecule has 3 heteroatoms. The Labute approximate surface area is 118 Å². The fourth-order valence-corrected chi connectivity index (χ4v) is 2.03. The Morgan fingerprint density at radius 1 is 1.00 bits per heavy atom. The van der Waals surface area contributed by atoms with Crippen molar-refractivity contribution in [1.29, 1.82) is 0 Å². The van der Waals surface area contributed by atoms with Crippen molar-refractivity contribution in [2.75, 3.05) is 11.9 Å². The van der Waals surface area contributed by atoms with E-state index >= 15 is 0 Å². The van der Waals surface area contributed by atoms with Crippen molar-refractivity contribution in [2.24, 2.45) is 0 Å². The van der Waals surface area contributed by atoms with Crippen LogP contribution in [0.1, 0.15) is 13.3 Å². The molecule has 0 aromatic heterocycles. The van der Waals surface area contributed by atoms with Gasteiger partial charge in [-0.1, -0.05) is 42.8 Å². The summed E-state index contributed by atoms with van der Waals surface area (Å²) in [6.07, 6.45) is 0.509. The normalized spacial score (nSPS) is 10.3. The SMILES string of the molecule is CCC(=O)N(C)c1ccc(-c2ccc(Cl)cc2)cc1. The minimum Gasteiger partial charge on any atom is -0.316 e. The third-order valence-electron chi connectivity index (χ3n) is 3.11. The number of hydrogen-bond donors (Lipinski definition) is 0. The van der Waals surface area contributed by atoms with Gasteiger partial charge in [-0.3, -0.25) is 4.79 Å². The molecule has 19 heavy (non-hydrogen) atoms. The Kier molecular flexibility index (Phi) is 4.23. The number of nitrogens with zero attached hydrogens (tertiary/aromatic N) is 1. The van der Waals surface area contributed by atoms with Gasteiger partial charge in [0.1, 0.15) is 0 Å².